The lowest BCUT2D eigenvalue weighted by Crippen LogP contribution is -2.40. The van der Waals surface area contributed by atoms with Crippen molar-refractivity contribution in [2.75, 3.05) is 40.5 Å². The summed E-state index contributed by atoms with van der Waals surface area (Å²) >= 11 is 0. The van der Waals surface area contributed by atoms with Gasteiger partial charge in [-0.15, -0.1) is 6.58 Å². The molecule has 0 N–H and O–H groups in total. The van der Waals surface area contributed by atoms with E-state index in [0.717, 1.165) is 44.8 Å². The van der Waals surface area contributed by atoms with Crippen LogP contribution in [0.5, 0.6) is 0 Å². The number of methoxy groups -OCH3 is 2. The standard InChI is InChI=1S/C23H43NO4/c1-7-12-22(3,4)19-9-13-23(14-10-19)27-18-20(28-23)11-16-24(15-8-2)17-21(25-5)26-6/h8,19-21H,2,7,9-18H2,1,3-6H3. The Morgan fingerprint density at radius 1 is 1.25 bits per heavy atom. The number of rotatable bonds is 12. The summed E-state index contributed by atoms with van der Waals surface area (Å²) in [7, 11) is 3.35. The summed E-state index contributed by atoms with van der Waals surface area (Å²) < 4.78 is 23.4. The van der Waals surface area contributed by atoms with E-state index in [-0.39, 0.29) is 18.2 Å². The van der Waals surface area contributed by atoms with Crippen molar-refractivity contribution in [1.82, 2.24) is 4.90 Å². The van der Waals surface area contributed by atoms with Crippen LogP contribution in [-0.4, -0.2) is 63.5 Å². The molecule has 1 spiro atoms. The van der Waals surface area contributed by atoms with Crippen molar-refractivity contribution in [2.45, 2.75) is 83.9 Å². The smallest absolute Gasteiger partial charge is 0.169 e. The van der Waals surface area contributed by atoms with E-state index >= 15 is 0 Å². The Balaban J connectivity index is 1.79. The summed E-state index contributed by atoms with van der Waals surface area (Å²) in [5.74, 6) is 0.460. The predicted molar refractivity (Wildman–Crippen MR) is 113 cm³/mol. The molecule has 1 unspecified atom stereocenters. The second-order valence-electron chi connectivity index (χ2n) is 9.21. The maximum Gasteiger partial charge on any atom is 0.169 e. The van der Waals surface area contributed by atoms with Crippen LogP contribution >= 0.6 is 0 Å². The number of ether oxygens (including phenoxy) is 4. The summed E-state index contributed by atoms with van der Waals surface area (Å²) in [6, 6.07) is 0. The number of hydrogen-bond acceptors (Lipinski definition) is 5. The molecule has 1 aliphatic heterocycles. The summed E-state index contributed by atoms with van der Waals surface area (Å²) in [6.07, 6.45) is 9.91. The first kappa shape index (κ1) is 23.8. The van der Waals surface area contributed by atoms with Crippen molar-refractivity contribution < 1.29 is 18.9 Å². The molecule has 1 saturated carbocycles. The quantitative estimate of drug-likeness (QED) is 0.355. The molecule has 0 aromatic carbocycles. The van der Waals surface area contributed by atoms with E-state index in [1.807, 2.05) is 6.08 Å². The van der Waals surface area contributed by atoms with E-state index in [1.54, 1.807) is 14.2 Å². The van der Waals surface area contributed by atoms with Gasteiger partial charge in [0.15, 0.2) is 12.1 Å². The highest BCUT2D eigenvalue weighted by Crippen LogP contribution is 2.47. The molecule has 2 rings (SSSR count). The molecule has 2 fully saturated rings. The highest BCUT2D eigenvalue weighted by Gasteiger charge is 2.46. The zero-order valence-corrected chi connectivity index (χ0v) is 18.9. The lowest BCUT2D eigenvalue weighted by Gasteiger charge is -2.42. The van der Waals surface area contributed by atoms with Gasteiger partial charge in [0.2, 0.25) is 0 Å². The van der Waals surface area contributed by atoms with Crippen LogP contribution in [0.1, 0.15) is 65.7 Å². The fourth-order valence-corrected chi connectivity index (χ4v) is 4.93. The van der Waals surface area contributed by atoms with E-state index in [4.69, 9.17) is 18.9 Å². The Morgan fingerprint density at radius 3 is 2.50 bits per heavy atom. The van der Waals surface area contributed by atoms with Gasteiger partial charge in [-0.2, -0.15) is 0 Å². The first-order valence-corrected chi connectivity index (χ1v) is 11.1. The molecule has 0 amide bonds. The minimum Gasteiger partial charge on any atom is -0.355 e. The van der Waals surface area contributed by atoms with Crippen molar-refractivity contribution in [3.8, 4) is 0 Å². The van der Waals surface area contributed by atoms with Gasteiger partial charge in [-0.25, -0.2) is 0 Å². The van der Waals surface area contributed by atoms with Crippen LogP contribution in [0.3, 0.4) is 0 Å². The topological polar surface area (TPSA) is 40.2 Å². The molecule has 164 valence electrons. The fourth-order valence-electron chi connectivity index (χ4n) is 4.93. The van der Waals surface area contributed by atoms with Gasteiger partial charge < -0.3 is 18.9 Å². The molecule has 1 saturated heterocycles. The highest BCUT2D eigenvalue weighted by atomic mass is 16.7. The third-order valence-electron chi connectivity index (χ3n) is 6.75. The number of hydrogen-bond donors (Lipinski definition) is 0. The first-order chi connectivity index (χ1) is 13.4. The normalized spacial score (nSPS) is 28.5. The van der Waals surface area contributed by atoms with E-state index in [0.29, 0.717) is 12.0 Å². The van der Waals surface area contributed by atoms with Gasteiger partial charge in [0.1, 0.15) is 0 Å². The van der Waals surface area contributed by atoms with Gasteiger partial charge in [0.25, 0.3) is 0 Å². The van der Waals surface area contributed by atoms with Gasteiger partial charge in [-0.3, -0.25) is 4.90 Å². The van der Waals surface area contributed by atoms with Crippen molar-refractivity contribution in [2.24, 2.45) is 11.3 Å². The van der Waals surface area contributed by atoms with Crippen LogP contribution < -0.4 is 0 Å². The molecule has 0 aromatic rings. The summed E-state index contributed by atoms with van der Waals surface area (Å²) in [4.78, 5) is 2.29. The Hall–Kier alpha value is -0.460. The molecule has 2 aliphatic rings. The maximum atomic E-state index is 6.46. The van der Waals surface area contributed by atoms with E-state index in [2.05, 4.69) is 32.3 Å². The molecule has 1 aliphatic carbocycles. The fraction of sp³-hybridized carbons (Fsp3) is 0.913. The van der Waals surface area contributed by atoms with Gasteiger partial charge in [-0.05, 0) is 37.0 Å². The Morgan fingerprint density at radius 2 is 1.93 bits per heavy atom. The minimum atomic E-state index is -0.325. The molecular formula is C23H43NO4. The average molecular weight is 398 g/mol. The number of nitrogens with zero attached hydrogens (tertiary/aromatic N) is 1. The molecule has 0 radical (unpaired) electrons. The first-order valence-electron chi connectivity index (χ1n) is 11.1. The Labute approximate surface area is 172 Å². The second-order valence-corrected chi connectivity index (χ2v) is 9.21. The van der Waals surface area contributed by atoms with Gasteiger partial charge in [0, 0.05) is 46.7 Å². The minimum absolute atomic E-state index is 0.177. The second kappa shape index (κ2) is 11.1. The van der Waals surface area contributed by atoms with Crippen molar-refractivity contribution >= 4 is 0 Å². The van der Waals surface area contributed by atoms with Gasteiger partial charge in [0.05, 0.1) is 12.7 Å². The molecule has 28 heavy (non-hydrogen) atoms. The van der Waals surface area contributed by atoms with Crippen LogP contribution in [0.2, 0.25) is 0 Å². The van der Waals surface area contributed by atoms with Gasteiger partial charge >= 0.3 is 0 Å². The zero-order chi connectivity index (χ0) is 20.6. The Bertz CT molecular complexity index is 456. The lowest BCUT2D eigenvalue weighted by atomic mass is 9.68. The molecular weight excluding hydrogens is 354 g/mol. The third kappa shape index (κ3) is 6.53. The largest absolute Gasteiger partial charge is 0.355 e. The summed E-state index contributed by atoms with van der Waals surface area (Å²) in [6.45, 7) is 14.2. The van der Waals surface area contributed by atoms with Crippen LogP contribution in [0.25, 0.3) is 0 Å². The molecule has 5 heteroatoms. The highest BCUT2D eigenvalue weighted by molar-refractivity contribution is 4.90. The van der Waals surface area contributed by atoms with E-state index in [1.165, 1.54) is 25.7 Å². The van der Waals surface area contributed by atoms with Crippen LogP contribution in [0, 0.1) is 11.3 Å². The zero-order valence-electron chi connectivity index (χ0n) is 18.9. The lowest BCUT2D eigenvalue weighted by molar-refractivity contribution is -0.198. The van der Waals surface area contributed by atoms with Crippen LogP contribution in [0.4, 0.5) is 0 Å². The summed E-state index contributed by atoms with van der Waals surface area (Å²) in [5.41, 5.74) is 0.429. The van der Waals surface area contributed by atoms with E-state index in [9.17, 15) is 0 Å². The molecule has 0 aromatic heterocycles. The van der Waals surface area contributed by atoms with Crippen molar-refractivity contribution in [3.63, 3.8) is 0 Å². The average Bonchev–Trinajstić information content (AvgIpc) is 3.06. The SMILES string of the molecule is C=CCN(CCC1COC2(CCC(C(C)(C)CCC)CC2)O1)CC(OC)OC. The molecule has 1 atom stereocenters. The van der Waals surface area contributed by atoms with Crippen LogP contribution in [0.15, 0.2) is 12.7 Å². The van der Waals surface area contributed by atoms with Crippen molar-refractivity contribution in [1.29, 1.82) is 0 Å². The molecule has 0 bridgehead atoms. The van der Waals surface area contributed by atoms with Crippen LogP contribution in [-0.2, 0) is 18.9 Å². The van der Waals surface area contributed by atoms with Crippen molar-refractivity contribution in [3.05, 3.63) is 12.7 Å². The summed E-state index contributed by atoms with van der Waals surface area (Å²) in [5, 5.41) is 0. The van der Waals surface area contributed by atoms with Gasteiger partial charge in [-0.1, -0.05) is 33.3 Å². The Kier molecular flexibility index (Phi) is 9.42. The molecule has 1 heterocycles. The third-order valence-corrected chi connectivity index (χ3v) is 6.75. The molecule has 5 nitrogen and oxygen atoms in total. The van der Waals surface area contributed by atoms with E-state index < -0.39 is 0 Å². The predicted octanol–water partition coefficient (Wildman–Crippen LogP) is 4.61. The monoisotopic (exact) mass is 397 g/mol. The maximum absolute atomic E-state index is 6.46.